The van der Waals surface area contributed by atoms with Crippen LogP contribution in [0.3, 0.4) is 0 Å². The maximum absolute atomic E-state index is 13.1. The fourth-order valence-corrected chi connectivity index (χ4v) is 4.38. The molecule has 2 aliphatic rings. The van der Waals surface area contributed by atoms with Gasteiger partial charge in [-0.05, 0) is 49.9 Å². The van der Waals surface area contributed by atoms with E-state index >= 15 is 0 Å². The van der Waals surface area contributed by atoms with Crippen LogP contribution >= 0.6 is 0 Å². The molecule has 1 saturated carbocycles. The van der Waals surface area contributed by atoms with Gasteiger partial charge in [0.25, 0.3) is 0 Å². The molecule has 1 aliphatic carbocycles. The van der Waals surface area contributed by atoms with Crippen LogP contribution in [-0.4, -0.2) is 39.5 Å². The zero-order chi connectivity index (χ0) is 19.7. The first-order valence-electron chi connectivity index (χ1n) is 9.97. The number of nitrogens with two attached hydrogens (primary N) is 1. The van der Waals surface area contributed by atoms with Gasteiger partial charge in [-0.25, -0.2) is 9.07 Å². The van der Waals surface area contributed by atoms with E-state index in [1.807, 2.05) is 4.90 Å². The average molecular weight is 384 g/mol. The van der Waals surface area contributed by atoms with Crippen LogP contribution in [0.15, 0.2) is 30.5 Å². The van der Waals surface area contributed by atoms with Crippen LogP contribution in [-0.2, 0) is 4.79 Å². The number of benzene rings is 1. The van der Waals surface area contributed by atoms with Crippen molar-refractivity contribution in [2.45, 2.75) is 38.5 Å². The Labute approximate surface area is 163 Å². The number of rotatable bonds is 4. The molecule has 28 heavy (non-hydrogen) atoms. The average Bonchev–Trinajstić information content (AvgIpc) is 3.38. The van der Waals surface area contributed by atoms with Crippen LogP contribution in [0.25, 0.3) is 5.69 Å². The summed E-state index contributed by atoms with van der Waals surface area (Å²) in [6.45, 7) is 1.18. The lowest BCUT2D eigenvalue weighted by Gasteiger charge is -2.33. The third kappa shape index (κ3) is 3.53. The molecule has 1 amide bonds. The van der Waals surface area contributed by atoms with Crippen molar-refractivity contribution in [1.29, 1.82) is 0 Å². The van der Waals surface area contributed by atoms with Gasteiger partial charge in [0.1, 0.15) is 11.6 Å². The van der Waals surface area contributed by atoms with Crippen LogP contribution in [0.1, 0.15) is 48.9 Å². The smallest absolute Gasteiger partial charge is 0.225 e. The summed E-state index contributed by atoms with van der Waals surface area (Å²) in [5.41, 5.74) is 7.14. The SMILES string of the molecule is Nc1c(C(=O)[C@@H]2CCCN(C(=O)C3CCCC3)C2)cnn1-c1ccc(F)cc1. The normalized spacial score (nSPS) is 20.5. The number of nitrogen functional groups attached to an aromatic ring is 1. The standard InChI is InChI=1S/C21H25FN4O2/c22-16-7-9-17(10-8-16)26-20(23)18(12-24-26)19(27)15-6-3-11-25(13-15)21(28)14-4-1-2-5-14/h7-10,12,14-15H,1-6,11,13,23H2/t15-/m1/s1. The Morgan fingerprint density at radius 1 is 1.04 bits per heavy atom. The first-order valence-corrected chi connectivity index (χ1v) is 9.97. The molecule has 6 nitrogen and oxygen atoms in total. The van der Waals surface area contributed by atoms with Gasteiger partial charge in [0.2, 0.25) is 5.91 Å². The summed E-state index contributed by atoms with van der Waals surface area (Å²) in [4.78, 5) is 27.7. The van der Waals surface area contributed by atoms with E-state index in [2.05, 4.69) is 5.10 Å². The summed E-state index contributed by atoms with van der Waals surface area (Å²) in [5.74, 6) is -0.108. The topological polar surface area (TPSA) is 81.2 Å². The highest BCUT2D eigenvalue weighted by atomic mass is 19.1. The van der Waals surface area contributed by atoms with Crippen LogP contribution in [0.4, 0.5) is 10.2 Å². The van der Waals surface area contributed by atoms with E-state index in [1.165, 1.54) is 23.0 Å². The minimum Gasteiger partial charge on any atom is -0.383 e. The second-order valence-corrected chi connectivity index (χ2v) is 7.80. The predicted molar refractivity (Wildman–Crippen MR) is 104 cm³/mol. The number of aromatic nitrogens is 2. The maximum atomic E-state index is 13.1. The van der Waals surface area contributed by atoms with Crippen molar-refractivity contribution >= 4 is 17.5 Å². The second kappa shape index (κ2) is 7.73. The summed E-state index contributed by atoms with van der Waals surface area (Å²) < 4.78 is 14.6. The van der Waals surface area contributed by atoms with E-state index in [0.717, 1.165) is 45.1 Å². The number of ketones is 1. The van der Waals surface area contributed by atoms with Gasteiger partial charge in [0.05, 0.1) is 17.4 Å². The van der Waals surface area contributed by atoms with Gasteiger partial charge in [-0.3, -0.25) is 9.59 Å². The molecule has 4 rings (SSSR count). The summed E-state index contributed by atoms with van der Waals surface area (Å²) in [6.07, 6.45) is 7.20. The monoisotopic (exact) mass is 384 g/mol. The molecule has 148 valence electrons. The summed E-state index contributed by atoms with van der Waals surface area (Å²) in [5, 5.41) is 4.22. The van der Waals surface area contributed by atoms with Crippen LogP contribution in [0.5, 0.6) is 0 Å². The van der Waals surface area contributed by atoms with E-state index < -0.39 is 0 Å². The zero-order valence-corrected chi connectivity index (χ0v) is 15.8. The fraction of sp³-hybridized carbons (Fsp3) is 0.476. The van der Waals surface area contributed by atoms with Crippen molar-refractivity contribution in [3.05, 3.63) is 41.8 Å². The van der Waals surface area contributed by atoms with Gasteiger partial charge in [0, 0.05) is 24.9 Å². The minimum atomic E-state index is -0.347. The quantitative estimate of drug-likeness (QED) is 0.821. The molecule has 0 bridgehead atoms. The van der Waals surface area contributed by atoms with Crippen LogP contribution < -0.4 is 5.73 Å². The molecule has 7 heteroatoms. The summed E-state index contributed by atoms with van der Waals surface area (Å²) in [6, 6.07) is 5.78. The lowest BCUT2D eigenvalue weighted by molar-refractivity contribution is -0.136. The first-order chi connectivity index (χ1) is 13.5. The van der Waals surface area contributed by atoms with Gasteiger partial charge >= 0.3 is 0 Å². The summed E-state index contributed by atoms with van der Waals surface area (Å²) in [7, 11) is 0. The van der Waals surface area contributed by atoms with Gasteiger partial charge in [0.15, 0.2) is 5.78 Å². The van der Waals surface area contributed by atoms with Crippen molar-refractivity contribution in [1.82, 2.24) is 14.7 Å². The number of nitrogens with zero attached hydrogens (tertiary/aromatic N) is 3. The second-order valence-electron chi connectivity index (χ2n) is 7.80. The highest BCUT2D eigenvalue weighted by molar-refractivity contribution is 6.02. The lowest BCUT2D eigenvalue weighted by Crippen LogP contribution is -2.44. The number of hydrogen-bond acceptors (Lipinski definition) is 4. The molecular formula is C21H25FN4O2. The Morgan fingerprint density at radius 2 is 1.71 bits per heavy atom. The maximum Gasteiger partial charge on any atom is 0.225 e. The van der Waals surface area contributed by atoms with E-state index in [1.54, 1.807) is 12.1 Å². The van der Waals surface area contributed by atoms with E-state index in [0.29, 0.717) is 17.8 Å². The number of halogens is 1. The van der Waals surface area contributed by atoms with Crippen molar-refractivity contribution in [2.75, 3.05) is 18.8 Å². The number of likely N-dealkylation sites (tertiary alicyclic amines) is 1. The molecule has 0 spiro atoms. The van der Waals surface area contributed by atoms with Crippen molar-refractivity contribution in [2.24, 2.45) is 11.8 Å². The third-order valence-electron chi connectivity index (χ3n) is 5.95. The van der Waals surface area contributed by atoms with Crippen molar-refractivity contribution < 1.29 is 14.0 Å². The van der Waals surface area contributed by atoms with E-state index in [9.17, 15) is 14.0 Å². The molecule has 2 aromatic rings. The molecule has 0 unspecified atom stereocenters. The van der Waals surface area contributed by atoms with Gasteiger partial charge in [-0.15, -0.1) is 0 Å². The van der Waals surface area contributed by atoms with Gasteiger partial charge in [-0.1, -0.05) is 12.8 Å². The molecule has 1 aromatic heterocycles. The molecule has 1 atom stereocenters. The number of carbonyl (C=O) groups excluding carboxylic acids is 2. The van der Waals surface area contributed by atoms with Gasteiger partial charge < -0.3 is 10.6 Å². The summed E-state index contributed by atoms with van der Waals surface area (Å²) >= 11 is 0. The van der Waals surface area contributed by atoms with E-state index in [-0.39, 0.29) is 35.2 Å². The molecule has 1 aromatic carbocycles. The predicted octanol–water partition coefficient (Wildman–Crippen LogP) is 3.21. The van der Waals surface area contributed by atoms with Crippen molar-refractivity contribution in [3.8, 4) is 5.69 Å². The Balaban J connectivity index is 1.49. The Kier molecular flexibility index (Phi) is 5.15. The molecule has 2 N–H and O–H groups in total. The van der Waals surface area contributed by atoms with Crippen LogP contribution in [0, 0.1) is 17.7 Å². The molecular weight excluding hydrogens is 359 g/mol. The lowest BCUT2D eigenvalue weighted by atomic mass is 9.90. The zero-order valence-electron chi connectivity index (χ0n) is 15.8. The molecule has 0 radical (unpaired) electrons. The molecule has 1 saturated heterocycles. The Hall–Kier alpha value is -2.70. The molecule has 2 heterocycles. The number of Topliss-reactive ketones (excluding diaryl/α,β-unsaturated/α-hetero) is 1. The number of hydrogen-bond donors (Lipinski definition) is 1. The Bertz CT molecular complexity index is 871. The molecule has 2 fully saturated rings. The van der Waals surface area contributed by atoms with Gasteiger partial charge in [-0.2, -0.15) is 5.10 Å². The highest BCUT2D eigenvalue weighted by Gasteiger charge is 2.34. The van der Waals surface area contributed by atoms with Crippen LogP contribution in [0.2, 0.25) is 0 Å². The van der Waals surface area contributed by atoms with E-state index in [4.69, 9.17) is 5.73 Å². The minimum absolute atomic E-state index is 0.0743. The fourth-order valence-electron chi connectivity index (χ4n) is 4.38. The number of piperidine rings is 1. The number of amides is 1. The highest BCUT2D eigenvalue weighted by Crippen LogP contribution is 2.30. The largest absolute Gasteiger partial charge is 0.383 e. The Morgan fingerprint density at radius 3 is 2.43 bits per heavy atom. The molecule has 1 aliphatic heterocycles. The first kappa shape index (κ1) is 18.7. The number of anilines is 1. The number of carbonyl (C=O) groups is 2. The third-order valence-corrected chi connectivity index (χ3v) is 5.95. The van der Waals surface area contributed by atoms with Crippen molar-refractivity contribution in [3.63, 3.8) is 0 Å².